The van der Waals surface area contributed by atoms with Crippen molar-refractivity contribution in [1.29, 1.82) is 0 Å². The van der Waals surface area contributed by atoms with Gasteiger partial charge in [0.15, 0.2) is 5.82 Å². The maximum absolute atomic E-state index is 4.83. The van der Waals surface area contributed by atoms with Gasteiger partial charge in [0.25, 0.3) is 0 Å². The van der Waals surface area contributed by atoms with Gasteiger partial charge in [-0.3, -0.25) is 9.88 Å². The Morgan fingerprint density at radius 1 is 1.21 bits per heavy atom. The molecule has 3 aromatic heterocycles. The molecule has 7 heteroatoms. The van der Waals surface area contributed by atoms with Crippen LogP contribution in [0.3, 0.4) is 0 Å². The average molecular weight is 340 g/mol. The predicted molar refractivity (Wildman–Crippen MR) is 93.6 cm³/mol. The van der Waals surface area contributed by atoms with Crippen molar-refractivity contribution in [3.8, 4) is 11.5 Å². The number of aromatic nitrogens is 5. The molecule has 0 radical (unpaired) electrons. The standard InChI is InChI=1S/C17H20N6S/c1-22-7-4-19-17(22)16-9-18-8-15(21-16)13-2-5-23(6-3-13)10-14-11-24-12-20-14/h4,7-9,11-13H,2-3,5-6,10H2,1H3. The summed E-state index contributed by atoms with van der Waals surface area (Å²) in [5.41, 5.74) is 5.02. The maximum Gasteiger partial charge on any atom is 0.159 e. The van der Waals surface area contributed by atoms with Crippen LogP contribution >= 0.6 is 11.3 Å². The molecule has 0 aromatic carbocycles. The van der Waals surface area contributed by atoms with Crippen molar-refractivity contribution in [1.82, 2.24) is 29.4 Å². The number of hydrogen-bond donors (Lipinski definition) is 0. The molecule has 124 valence electrons. The lowest BCUT2D eigenvalue weighted by atomic mass is 9.93. The summed E-state index contributed by atoms with van der Waals surface area (Å²) in [5.74, 6) is 1.34. The highest BCUT2D eigenvalue weighted by Crippen LogP contribution is 2.28. The highest BCUT2D eigenvalue weighted by molar-refractivity contribution is 7.07. The van der Waals surface area contributed by atoms with Gasteiger partial charge in [0.1, 0.15) is 5.69 Å². The summed E-state index contributed by atoms with van der Waals surface area (Å²) in [7, 11) is 1.98. The first kappa shape index (κ1) is 15.4. The second-order valence-electron chi connectivity index (χ2n) is 6.22. The van der Waals surface area contributed by atoms with Crippen molar-refractivity contribution < 1.29 is 0 Å². The van der Waals surface area contributed by atoms with Crippen LogP contribution in [0.1, 0.15) is 30.1 Å². The number of rotatable bonds is 4. The molecule has 4 rings (SSSR count). The third-order valence-corrected chi connectivity index (χ3v) is 5.21. The van der Waals surface area contributed by atoms with E-state index < -0.39 is 0 Å². The summed E-state index contributed by atoms with van der Waals surface area (Å²) in [6.45, 7) is 3.11. The Morgan fingerprint density at radius 2 is 2.08 bits per heavy atom. The highest BCUT2D eigenvalue weighted by Gasteiger charge is 2.23. The minimum absolute atomic E-state index is 0.476. The van der Waals surface area contributed by atoms with Crippen LogP contribution in [0.25, 0.3) is 11.5 Å². The van der Waals surface area contributed by atoms with E-state index in [4.69, 9.17) is 4.98 Å². The predicted octanol–water partition coefficient (Wildman–Crippen LogP) is 2.71. The summed E-state index contributed by atoms with van der Waals surface area (Å²) in [5, 5.41) is 2.13. The lowest BCUT2D eigenvalue weighted by Gasteiger charge is -2.31. The second kappa shape index (κ2) is 6.78. The highest BCUT2D eigenvalue weighted by atomic mass is 32.1. The van der Waals surface area contributed by atoms with Gasteiger partial charge in [-0.15, -0.1) is 11.3 Å². The molecule has 0 spiro atoms. The van der Waals surface area contributed by atoms with Crippen LogP contribution in [0.4, 0.5) is 0 Å². The zero-order chi connectivity index (χ0) is 16.4. The van der Waals surface area contributed by atoms with Crippen LogP contribution in [0.2, 0.25) is 0 Å². The van der Waals surface area contributed by atoms with Crippen molar-refractivity contribution in [3.05, 3.63) is 47.1 Å². The Balaban J connectivity index is 1.43. The van der Waals surface area contributed by atoms with Crippen LogP contribution in [0.5, 0.6) is 0 Å². The van der Waals surface area contributed by atoms with Gasteiger partial charge in [-0.1, -0.05) is 0 Å². The average Bonchev–Trinajstić information content (AvgIpc) is 3.27. The third-order valence-electron chi connectivity index (χ3n) is 4.58. The molecule has 1 fully saturated rings. The summed E-state index contributed by atoms with van der Waals surface area (Å²) in [6.07, 6.45) is 9.66. The summed E-state index contributed by atoms with van der Waals surface area (Å²) < 4.78 is 1.98. The van der Waals surface area contributed by atoms with Crippen molar-refractivity contribution in [3.63, 3.8) is 0 Å². The van der Waals surface area contributed by atoms with E-state index in [2.05, 4.69) is 25.2 Å². The largest absolute Gasteiger partial charge is 0.333 e. The minimum Gasteiger partial charge on any atom is -0.333 e. The minimum atomic E-state index is 0.476. The lowest BCUT2D eigenvalue weighted by molar-refractivity contribution is 0.201. The summed E-state index contributed by atoms with van der Waals surface area (Å²) in [6, 6.07) is 0. The molecule has 0 atom stereocenters. The van der Waals surface area contributed by atoms with Crippen LogP contribution < -0.4 is 0 Å². The van der Waals surface area contributed by atoms with Gasteiger partial charge < -0.3 is 4.57 Å². The summed E-state index contributed by atoms with van der Waals surface area (Å²) >= 11 is 1.66. The molecule has 0 N–H and O–H groups in total. The topological polar surface area (TPSA) is 59.7 Å². The fourth-order valence-electron chi connectivity index (χ4n) is 3.23. The molecule has 0 bridgehead atoms. The molecule has 0 unspecified atom stereocenters. The quantitative estimate of drug-likeness (QED) is 0.731. The number of aryl methyl sites for hydroxylation is 1. The molecule has 1 aliphatic heterocycles. The monoisotopic (exact) mass is 340 g/mol. The number of thiazole rings is 1. The second-order valence-corrected chi connectivity index (χ2v) is 6.94. The maximum atomic E-state index is 4.83. The molecular formula is C17H20N6S. The number of nitrogens with zero attached hydrogens (tertiary/aromatic N) is 6. The first-order valence-corrected chi connectivity index (χ1v) is 9.13. The Morgan fingerprint density at radius 3 is 2.79 bits per heavy atom. The lowest BCUT2D eigenvalue weighted by Crippen LogP contribution is -2.32. The molecule has 4 heterocycles. The van der Waals surface area contributed by atoms with Crippen molar-refractivity contribution in [2.75, 3.05) is 13.1 Å². The zero-order valence-electron chi connectivity index (χ0n) is 13.7. The van der Waals surface area contributed by atoms with E-state index in [1.807, 2.05) is 29.5 Å². The van der Waals surface area contributed by atoms with E-state index in [1.54, 1.807) is 23.7 Å². The van der Waals surface area contributed by atoms with Crippen molar-refractivity contribution in [2.45, 2.75) is 25.3 Å². The molecular weight excluding hydrogens is 320 g/mol. The third kappa shape index (κ3) is 3.22. The number of piperidine rings is 1. The van der Waals surface area contributed by atoms with E-state index >= 15 is 0 Å². The fourth-order valence-corrected chi connectivity index (χ4v) is 3.78. The van der Waals surface area contributed by atoms with E-state index in [9.17, 15) is 0 Å². The molecule has 24 heavy (non-hydrogen) atoms. The Bertz CT molecular complexity index is 789. The van der Waals surface area contributed by atoms with Gasteiger partial charge >= 0.3 is 0 Å². The zero-order valence-corrected chi connectivity index (χ0v) is 14.5. The first-order valence-electron chi connectivity index (χ1n) is 8.18. The molecule has 0 aliphatic carbocycles. The molecule has 1 aliphatic rings. The van der Waals surface area contributed by atoms with E-state index in [-0.39, 0.29) is 0 Å². The van der Waals surface area contributed by atoms with Crippen molar-refractivity contribution in [2.24, 2.45) is 7.05 Å². The SMILES string of the molecule is Cn1ccnc1-c1cncc(C2CCN(Cc3cscn3)CC2)n1. The van der Waals surface area contributed by atoms with Crippen LogP contribution in [0.15, 0.2) is 35.7 Å². The van der Waals surface area contributed by atoms with Crippen LogP contribution in [-0.2, 0) is 13.6 Å². The first-order chi connectivity index (χ1) is 11.8. The molecule has 6 nitrogen and oxygen atoms in total. The smallest absolute Gasteiger partial charge is 0.159 e. The van der Waals surface area contributed by atoms with E-state index in [0.29, 0.717) is 5.92 Å². The number of imidazole rings is 1. The van der Waals surface area contributed by atoms with E-state index in [1.165, 1.54) is 5.69 Å². The van der Waals surface area contributed by atoms with Gasteiger partial charge in [0, 0.05) is 43.5 Å². The number of likely N-dealkylation sites (tertiary alicyclic amines) is 1. The Kier molecular flexibility index (Phi) is 4.36. The fraction of sp³-hybridized carbons (Fsp3) is 0.412. The Hall–Kier alpha value is -2.12. The Labute approximate surface area is 145 Å². The molecule has 1 saturated heterocycles. The van der Waals surface area contributed by atoms with E-state index in [0.717, 1.165) is 49.7 Å². The van der Waals surface area contributed by atoms with Gasteiger partial charge in [-0.25, -0.2) is 15.0 Å². The van der Waals surface area contributed by atoms with Gasteiger partial charge in [-0.2, -0.15) is 0 Å². The normalized spacial score (nSPS) is 16.5. The van der Waals surface area contributed by atoms with Crippen LogP contribution in [-0.4, -0.2) is 42.5 Å². The number of hydrogen-bond acceptors (Lipinski definition) is 6. The van der Waals surface area contributed by atoms with Gasteiger partial charge in [-0.05, 0) is 25.9 Å². The van der Waals surface area contributed by atoms with Crippen LogP contribution in [0, 0.1) is 0 Å². The van der Waals surface area contributed by atoms with Gasteiger partial charge in [0.2, 0.25) is 0 Å². The summed E-state index contributed by atoms with van der Waals surface area (Å²) in [4.78, 5) is 20.5. The molecule has 0 saturated carbocycles. The van der Waals surface area contributed by atoms with Crippen molar-refractivity contribution >= 4 is 11.3 Å². The molecule has 0 amide bonds. The molecule has 3 aromatic rings. The van der Waals surface area contributed by atoms with Gasteiger partial charge in [0.05, 0.1) is 23.1 Å².